The summed E-state index contributed by atoms with van der Waals surface area (Å²) < 4.78 is 29.7. The van der Waals surface area contributed by atoms with Crippen molar-refractivity contribution in [1.29, 1.82) is 0 Å². The minimum absolute atomic E-state index is 0.104. The van der Waals surface area contributed by atoms with Crippen molar-refractivity contribution in [1.82, 2.24) is 0 Å². The van der Waals surface area contributed by atoms with Crippen LogP contribution < -0.4 is 0 Å². The fraction of sp³-hybridized carbons (Fsp3) is 0.909. The molecule has 1 aliphatic heterocycles. The zero-order chi connectivity index (χ0) is 11.6. The van der Waals surface area contributed by atoms with Crippen LogP contribution in [0.5, 0.6) is 0 Å². The summed E-state index contributed by atoms with van der Waals surface area (Å²) in [6, 6.07) is 0. The minimum Gasteiger partial charge on any atom is -0.381 e. The van der Waals surface area contributed by atoms with E-state index in [1.807, 2.05) is 0 Å². The Kier molecular flexibility index (Phi) is 3.64. The standard InChI is InChI=1S/C11H18O4S/c12-9-2-1-3-11(8-9)16(13,14)10-4-6-15-7-5-10/h10-11H,1-8H2. The first kappa shape index (κ1) is 12.0. The first-order chi connectivity index (χ1) is 7.60. The molecule has 0 N–H and O–H groups in total. The van der Waals surface area contributed by atoms with Gasteiger partial charge in [0.15, 0.2) is 9.84 Å². The number of carbonyl (C=O) groups is 1. The van der Waals surface area contributed by atoms with Gasteiger partial charge in [-0.1, -0.05) is 0 Å². The van der Waals surface area contributed by atoms with E-state index in [9.17, 15) is 13.2 Å². The Morgan fingerprint density at radius 2 is 1.75 bits per heavy atom. The number of Topliss-reactive ketones (excluding diaryl/α,β-unsaturated/α-hetero) is 1. The molecule has 4 nitrogen and oxygen atoms in total. The Labute approximate surface area is 96.3 Å². The smallest absolute Gasteiger partial charge is 0.156 e. The maximum atomic E-state index is 12.3. The van der Waals surface area contributed by atoms with Crippen LogP contribution in [-0.4, -0.2) is 37.9 Å². The number of sulfone groups is 1. The lowest BCUT2D eigenvalue weighted by Crippen LogP contribution is -2.38. The highest BCUT2D eigenvalue weighted by atomic mass is 32.2. The summed E-state index contributed by atoms with van der Waals surface area (Å²) in [5, 5.41) is -0.700. The first-order valence-corrected chi connectivity index (χ1v) is 7.54. The normalized spacial score (nSPS) is 29.2. The quantitative estimate of drug-likeness (QED) is 0.732. The van der Waals surface area contributed by atoms with E-state index in [2.05, 4.69) is 0 Å². The molecule has 1 saturated heterocycles. The summed E-state index contributed by atoms with van der Waals surface area (Å²) in [7, 11) is -3.12. The maximum absolute atomic E-state index is 12.3. The summed E-state index contributed by atoms with van der Waals surface area (Å²) in [6.07, 6.45) is 3.36. The second-order valence-electron chi connectivity index (χ2n) is 4.66. The van der Waals surface area contributed by atoms with Crippen molar-refractivity contribution >= 4 is 15.6 Å². The van der Waals surface area contributed by atoms with Gasteiger partial charge in [0.05, 0.1) is 10.5 Å². The third-order valence-electron chi connectivity index (χ3n) is 3.53. The highest BCUT2D eigenvalue weighted by Crippen LogP contribution is 2.28. The average Bonchev–Trinajstić information content (AvgIpc) is 2.30. The van der Waals surface area contributed by atoms with Crippen molar-refractivity contribution in [3.05, 3.63) is 0 Å². The van der Waals surface area contributed by atoms with Gasteiger partial charge in [0.25, 0.3) is 0 Å². The molecule has 0 aromatic rings. The first-order valence-electron chi connectivity index (χ1n) is 5.93. The van der Waals surface area contributed by atoms with Gasteiger partial charge in [-0.25, -0.2) is 8.42 Å². The molecule has 5 heteroatoms. The van der Waals surface area contributed by atoms with Gasteiger partial charge in [0.1, 0.15) is 5.78 Å². The molecule has 2 rings (SSSR count). The number of ether oxygens (including phenoxy) is 1. The Bertz CT molecular complexity index is 354. The predicted octanol–water partition coefficient (Wildman–Crippen LogP) is 1.09. The van der Waals surface area contributed by atoms with Crippen molar-refractivity contribution in [3.63, 3.8) is 0 Å². The molecule has 1 aliphatic carbocycles. The Morgan fingerprint density at radius 1 is 1.06 bits per heavy atom. The molecular formula is C11H18O4S. The van der Waals surface area contributed by atoms with Crippen LogP contribution in [0.1, 0.15) is 38.5 Å². The molecule has 1 saturated carbocycles. The van der Waals surface area contributed by atoms with Crippen molar-refractivity contribution in [2.75, 3.05) is 13.2 Å². The SMILES string of the molecule is O=C1CCCC(S(=O)(=O)C2CCOCC2)C1. The molecule has 0 spiro atoms. The van der Waals surface area contributed by atoms with Crippen molar-refractivity contribution in [2.45, 2.75) is 49.0 Å². The third kappa shape index (κ3) is 2.46. The van der Waals surface area contributed by atoms with E-state index in [-0.39, 0.29) is 17.5 Å². The molecule has 1 unspecified atom stereocenters. The van der Waals surface area contributed by atoms with Crippen molar-refractivity contribution in [2.24, 2.45) is 0 Å². The Hall–Kier alpha value is -0.420. The van der Waals surface area contributed by atoms with Crippen LogP contribution in [0.2, 0.25) is 0 Å². The molecule has 92 valence electrons. The fourth-order valence-corrected chi connectivity index (χ4v) is 4.85. The van der Waals surface area contributed by atoms with Crippen LogP contribution in [0.3, 0.4) is 0 Å². The van der Waals surface area contributed by atoms with E-state index in [1.54, 1.807) is 0 Å². The summed E-state index contributed by atoms with van der Waals surface area (Å²) >= 11 is 0. The van der Waals surface area contributed by atoms with Crippen LogP contribution in [-0.2, 0) is 19.4 Å². The van der Waals surface area contributed by atoms with Gasteiger partial charge in [-0.15, -0.1) is 0 Å². The van der Waals surface area contributed by atoms with Gasteiger partial charge in [-0.2, -0.15) is 0 Å². The van der Waals surface area contributed by atoms with Crippen LogP contribution >= 0.6 is 0 Å². The number of hydrogen-bond donors (Lipinski definition) is 0. The summed E-state index contributed by atoms with van der Waals surface area (Å²) in [5.41, 5.74) is 0. The number of hydrogen-bond acceptors (Lipinski definition) is 4. The van der Waals surface area contributed by atoms with Crippen molar-refractivity contribution in [3.8, 4) is 0 Å². The van der Waals surface area contributed by atoms with Crippen LogP contribution in [0, 0.1) is 0 Å². The monoisotopic (exact) mass is 246 g/mol. The Balaban J connectivity index is 2.07. The lowest BCUT2D eigenvalue weighted by atomic mass is 9.99. The van der Waals surface area contributed by atoms with Crippen LogP contribution in [0.25, 0.3) is 0 Å². The topological polar surface area (TPSA) is 60.4 Å². The van der Waals surface area contributed by atoms with Crippen LogP contribution in [0.4, 0.5) is 0 Å². The van der Waals surface area contributed by atoms with E-state index in [4.69, 9.17) is 4.74 Å². The average molecular weight is 246 g/mol. The highest BCUT2D eigenvalue weighted by molar-refractivity contribution is 7.92. The van der Waals surface area contributed by atoms with E-state index < -0.39 is 15.1 Å². The number of ketones is 1. The van der Waals surface area contributed by atoms with Gasteiger partial charge in [0, 0.05) is 26.1 Å². The lowest BCUT2D eigenvalue weighted by Gasteiger charge is -2.28. The molecule has 0 bridgehead atoms. The molecular weight excluding hydrogens is 228 g/mol. The van der Waals surface area contributed by atoms with Gasteiger partial charge in [-0.05, 0) is 25.7 Å². The zero-order valence-corrected chi connectivity index (χ0v) is 10.2. The third-order valence-corrected chi connectivity index (χ3v) is 6.27. The molecule has 0 radical (unpaired) electrons. The van der Waals surface area contributed by atoms with Gasteiger partial charge in [-0.3, -0.25) is 4.79 Å². The summed E-state index contributed by atoms with van der Waals surface area (Å²) in [6.45, 7) is 1.06. The summed E-state index contributed by atoms with van der Waals surface area (Å²) in [5.74, 6) is 0.104. The molecule has 0 aromatic carbocycles. The Morgan fingerprint density at radius 3 is 2.38 bits per heavy atom. The fourth-order valence-electron chi connectivity index (χ4n) is 2.54. The van der Waals surface area contributed by atoms with Gasteiger partial charge in [0.2, 0.25) is 0 Å². The molecule has 0 amide bonds. The minimum atomic E-state index is -3.12. The molecule has 2 aliphatic rings. The highest BCUT2D eigenvalue weighted by Gasteiger charge is 2.37. The second-order valence-corrected chi connectivity index (χ2v) is 7.17. The van der Waals surface area contributed by atoms with Crippen molar-refractivity contribution < 1.29 is 17.9 Å². The van der Waals surface area contributed by atoms with Gasteiger partial charge >= 0.3 is 0 Å². The number of carbonyl (C=O) groups excluding carboxylic acids is 1. The lowest BCUT2D eigenvalue weighted by molar-refractivity contribution is -0.120. The molecule has 1 atom stereocenters. The molecule has 2 fully saturated rings. The van der Waals surface area contributed by atoms with E-state index in [0.29, 0.717) is 38.9 Å². The van der Waals surface area contributed by atoms with Gasteiger partial charge < -0.3 is 4.74 Å². The predicted molar refractivity (Wildman–Crippen MR) is 60.0 cm³/mol. The largest absolute Gasteiger partial charge is 0.381 e. The molecule has 0 aromatic heterocycles. The molecule has 1 heterocycles. The second kappa shape index (κ2) is 4.84. The molecule has 16 heavy (non-hydrogen) atoms. The van der Waals surface area contributed by atoms with E-state index in [1.165, 1.54) is 0 Å². The maximum Gasteiger partial charge on any atom is 0.156 e. The zero-order valence-electron chi connectivity index (χ0n) is 9.35. The van der Waals surface area contributed by atoms with Crippen LogP contribution in [0.15, 0.2) is 0 Å². The number of rotatable bonds is 2. The van der Waals surface area contributed by atoms with E-state index in [0.717, 1.165) is 6.42 Å². The van der Waals surface area contributed by atoms with E-state index >= 15 is 0 Å². The summed E-state index contributed by atoms with van der Waals surface area (Å²) in [4.78, 5) is 11.3.